The van der Waals surface area contributed by atoms with Crippen molar-refractivity contribution in [1.82, 2.24) is 20.1 Å². The third-order valence-electron chi connectivity index (χ3n) is 4.85. The molecule has 2 heterocycles. The van der Waals surface area contributed by atoms with Crippen LogP contribution in [0.4, 0.5) is 4.79 Å². The Kier molecular flexibility index (Phi) is 5.90. The van der Waals surface area contributed by atoms with Gasteiger partial charge in [-0.15, -0.1) is 0 Å². The molecule has 28 heavy (non-hydrogen) atoms. The monoisotopic (exact) mass is 377 g/mol. The Morgan fingerprint density at radius 2 is 1.86 bits per heavy atom. The van der Waals surface area contributed by atoms with E-state index in [-0.39, 0.29) is 18.0 Å². The zero-order valence-electron chi connectivity index (χ0n) is 16.1. The standard InChI is InChI=1S/C21H23N5O2/c1-25(2)21(28)24-18-9-12-26(13-10-18)20(27)16-7-5-15(6-8-16)19-17(14-22)4-3-11-23-19/h3-8,11,18H,9-10,12-13H2,1-2H3,(H,24,28). The molecule has 7 nitrogen and oxygen atoms in total. The van der Waals surface area contributed by atoms with E-state index >= 15 is 0 Å². The second kappa shape index (κ2) is 8.53. The first kappa shape index (κ1) is 19.4. The molecular weight excluding hydrogens is 354 g/mol. The van der Waals surface area contributed by atoms with Gasteiger partial charge in [-0.1, -0.05) is 12.1 Å². The van der Waals surface area contributed by atoms with Crippen LogP contribution in [0.15, 0.2) is 42.6 Å². The normalized spacial score (nSPS) is 14.2. The Morgan fingerprint density at radius 3 is 2.46 bits per heavy atom. The summed E-state index contributed by atoms with van der Waals surface area (Å²) in [4.78, 5) is 32.1. The molecule has 1 aromatic carbocycles. The van der Waals surface area contributed by atoms with Crippen molar-refractivity contribution >= 4 is 11.9 Å². The molecule has 0 unspecified atom stereocenters. The summed E-state index contributed by atoms with van der Waals surface area (Å²) < 4.78 is 0. The summed E-state index contributed by atoms with van der Waals surface area (Å²) in [6.07, 6.45) is 3.13. The molecule has 1 aliphatic heterocycles. The molecule has 0 saturated carbocycles. The Balaban J connectivity index is 1.63. The average Bonchev–Trinajstić information content (AvgIpc) is 2.73. The van der Waals surface area contributed by atoms with E-state index in [9.17, 15) is 14.9 Å². The molecule has 3 rings (SSSR count). The number of rotatable bonds is 3. The number of urea groups is 1. The first-order valence-corrected chi connectivity index (χ1v) is 9.22. The van der Waals surface area contributed by atoms with E-state index in [2.05, 4.69) is 16.4 Å². The van der Waals surface area contributed by atoms with Gasteiger partial charge in [0.05, 0.1) is 11.3 Å². The van der Waals surface area contributed by atoms with E-state index in [0.717, 1.165) is 18.4 Å². The van der Waals surface area contributed by atoms with E-state index in [4.69, 9.17) is 0 Å². The van der Waals surface area contributed by atoms with Gasteiger partial charge in [0.1, 0.15) is 6.07 Å². The summed E-state index contributed by atoms with van der Waals surface area (Å²) in [5.41, 5.74) is 2.53. The fourth-order valence-electron chi connectivity index (χ4n) is 3.21. The summed E-state index contributed by atoms with van der Waals surface area (Å²) >= 11 is 0. The average molecular weight is 377 g/mol. The molecule has 0 radical (unpaired) electrons. The lowest BCUT2D eigenvalue weighted by Gasteiger charge is -2.33. The van der Waals surface area contributed by atoms with E-state index in [1.807, 2.05) is 17.0 Å². The van der Waals surface area contributed by atoms with Crippen molar-refractivity contribution in [2.24, 2.45) is 0 Å². The van der Waals surface area contributed by atoms with Gasteiger partial charge in [0.15, 0.2) is 0 Å². The van der Waals surface area contributed by atoms with Crippen molar-refractivity contribution in [3.05, 3.63) is 53.7 Å². The molecule has 1 saturated heterocycles. The molecule has 0 aliphatic carbocycles. The molecule has 2 aromatic rings. The summed E-state index contributed by atoms with van der Waals surface area (Å²) in [5.74, 6) is -0.0227. The van der Waals surface area contributed by atoms with Crippen molar-refractivity contribution in [3.8, 4) is 17.3 Å². The second-order valence-corrected chi connectivity index (χ2v) is 7.00. The first-order chi connectivity index (χ1) is 13.5. The van der Waals surface area contributed by atoms with Gasteiger partial charge < -0.3 is 15.1 Å². The van der Waals surface area contributed by atoms with Crippen LogP contribution >= 0.6 is 0 Å². The number of hydrogen-bond donors (Lipinski definition) is 1. The van der Waals surface area contributed by atoms with E-state index in [1.54, 1.807) is 44.6 Å². The van der Waals surface area contributed by atoms with Gasteiger partial charge in [0.25, 0.3) is 5.91 Å². The number of benzene rings is 1. The second-order valence-electron chi connectivity index (χ2n) is 7.00. The van der Waals surface area contributed by atoms with E-state index in [1.165, 1.54) is 4.90 Å². The Hall–Kier alpha value is -3.40. The molecule has 7 heteroatoms. The molecule has 1 N–H and O–H groups in total. The van der Waals surface area contributed by atoms with Crippen molar-refractivity contribution in [2.75, 3.05) is 27.2 Å². The number of amides is 3. The number of pyridine rings is 1. The van der Waals surface area contributed by atoms with Crippen molar-refractivity contribution in [3.63, 3.8) is 0 Å². The van der Waals surface area contributed by atoms with Gasteiger partial charge in [-0.05, 0) is 37.1 Å². The maximum absolute atomic E-state index is 12.8. The maximum atomic E-state index is 12.8. The molecular formula is C21H23N5O2. The lowest BCUT2D eigenvalue weighted by atomic mass is 10.0. The summed E-state index contributed by atoms with van der Waals surface area (Å²) in [5, 5.41) is 12.2. The number of nitriles is 1. The fraction of sp³-hybridized carbons (Fsp3) is 0.333. The van der Waals surface area contributed by atoms with Crippen LogP contribution in [0.5, 0.6) is 0 Å². The minimum atomic E-state index is -0.105. The number of hydrogen-bond acceptors (Lipinski definition) is 4. The number of aromatic nitrogens is 1. The van der Waals surface area contributed by atoms with Crippen LogP contribution in [0.3, 0.4) is 0 Å². The maximum Gasteiger partial charge on any atom is 0.317 e. The van der Waals surface area contributed by atoms with Crippen LogP contribution < -0.4 is 5.32 Å². The Bertz CT molecular complexity index is 894. The Labute approximate surface area is 164 Å². The Morgan fingerprint density at radius 1 is 1.18 bits per heavy atom. The number of piperidine rings is 1. The topological polar surface area (TPSA) is 89.3 Å². The molecule has 144 valence electrons. The zero-order chi connectivity index (χ0) is 20.1. The van der Waals surface area contributed by atoms with Crippen LogP contribution in [-0.4, -0.2) is 59.9 Å². The molecule has 0 spiro atoms. The van der Waals surface area contributed by atoms with Crippen molar-refractivity contribution in [2.45, 2.75) is 18.9 Å². The van der Waals surface area contributed by atoms with Gasteiger partial charge >= 0.3 is 6.03 Å². The highest BCUT2D eigenvalue weighted by atomic mass is 16.2. The molecule has 0 bridgehead atoms. The third-order valence-corrected chi connectivity index (χ3v) is 4.85. The van der Waals surface area contributed by atoms with Crippen LogP contribution in [0.25, 0.3) is 11.3 Å². The number of nitrogens with zero attached hydrogens (tertiary/aromatic N) is 4. The van der Waals surface area contributed by atoms with Crippen molar-refractivity contribution < 1.29 is 9.59 Å². The largest absolute Gasteiger partial charge is 0.338 e. The number of carbonyl (C=O) groups excluding carboxylic acids is 2. The van der Waals surface area contributed by atoms with Crippen LogP contribution in [0.2, 0.25) is 0 Å². The van der Waals surface area contributed by atoms with Crippen LogP contribution in [0, 0.1) is 11.3 Å². The number of likely N-dealkylation sites (tertiary alicyclic amines) is 1. The molecule has 0 atom stereocenters. The zero-order valence-corrected chi connectivity index (χ0v) is 16.1. The number of carbonyl (C=O) groups is 2. The highest BCUT2D eigenvalue weighted by Gasteiger charge is 2.25. The first-order valence-electron chi connectivity index (χ1n) is 9.22. The van der Waals surface area contributed by atoms with Gasteiger partial charge in [0.2, 0.25) is 0 Å². The van der Waals surface area contributed by atoms with E-state index < -0.39 is 0 Å². The van der Waals surface area contributed by atoms with Crippen LogP contribution in [-0.2, 0) is 0 Å². The molecule has 3 amide bonds. The summed E-state index contributed by atoms with van der Waals surface area (Å²) in [6.45, 7) is 1.22. The van der Waals surface area contributed by atoms with E-state index in [0.29, 0.717) is 29.9 Å². The minimum Gasteiger partial charge on any atom is -0.338 e. The van der Waals surface area contributed by atoms with Gasteiger partial charge in [-0.25, -0.2) is 4.79 Å². The quantitative estimate of drug-likeness (QED) is 0.890. The lowest BCUT2D eigenvalue weighted by molar-refractivity contribution is 0.0707. The SMILES string of the molecule is CN(C)C(=O)NC1CCN(C(=O)c2ccc(-c3ncccc3C#N)cc2)CC1. The van der Waals surface area contributed by atoms with Crippen molar-refractivity contribution in [1.29, 1.82) is 5.26 Å². The highest BCUT2D eigenvalue weighted by Crippen LogP contribution is 2.22. The predicted octanol–water partition coefficient (Wildman–Crippen LogP) is 2.50. The predicted molar refractivity (Wildman–Crippen MR) is 106 cm³/mol. The third kappa shape index (κ3) is 4.29. The van der Waals surface area contributed by atoms with Gasteiger partial charge in [0, 0.05) is 50.6 Å². The van der Waals surface area contributed by atoms with Crippen LogP contribution in [0.1, 0.15) is 28.8 Å². The van der Waals surface area contributed by atoms with Gasteiger partial charge in [-0.2, -0.15) is 5.26 Å². The fourth-order valence-corrected chi connectivity index (χ4v) is 3.21. The lowest BCUT2D eigenvalue weighted by Crippen LogP contribution is -2.48. The summed E-state index contributed by atoms with van der Waals surface area (Å²) in [6, 6.07) is 12.8. The number of nitrogens with one attached hydrogen (secondary N) is 1. The smallest absolute Gasteiger partial charge is 0.317 e. The minimum absolute atomic E-state index is 0.0227. The molecule has 1 aliphatic rings. The molecule has 1 fully saturated rings. The van der Waals surface area contributed by atoms with Gasteiger partial charge in [-0.3, -0.25) is 9.78 Å². The highest BCUT2D eigenvalue weighted by molar-refractivity contribution is 5.94. The molecule has 1 aromatic heterocycles. The summed E-state index contributed by atoms with van der Waals surface area (Å²) in [7, 11) is 3.42.